The Kier molecular flexibility index (Phi) is 6.30. The van der Waals surface area contributed by atoms with Crippen LogP contribution >= 0.6 is 23.1 Å². The summed E-state index contributed by atoms with van der Waals surface area (Å²) in [6, 6.07) is 7.35. The highest BCUT2D eigenvalue weighted by molar-refractivity contribution is 8.00. The summed E-state index contributed by atoms with van der Waals surface area (Å²) in [5.41, 5.74) is 1.50. The first kappa shape index (κ1) is 18.5. The van der Waals surface area contributed by atoms with Crippen LogP contribution in [0.25, 0.3) is 10.2 Å². The number of nitrogens with zero attached hydrogens (tertiary/aromatic N) is 2. The fourth-order valence-electron chi connectivity index (χ4n) is 2.33. The van der Waals surface area contributed by atoms with Crippen molar-refractivity contribution in [3.05, 3.63) is 36.0 Å². The number of amides is 1. The number of nitrogens with one attached hydrogen (secondary N) is 1. The zero-order valence-electron chi connectivity index (χ0n) is 14.5. The van der Waals surface area contributed by atoms with E-state index in [9.17, 15) is 4.79 Å². The molecule has 26 heavy (non-hydrogen) atoms. The van der Waals surface area contributed by atoms with Crippen LogP contribution in [-0.4, -0.2) is 34.8 Å². The zero-order chi connectivity index (χ0) is 18.4. The van der Waals surface area contributed by atoms with E-state index in [0.29, 0.717) is 30.4 Å². The van der Waals surface area contributed by atoms with Gasteiger partial charge in [-0.3, -0.25) is 4.79 Å². The van der Waals surface area contributed by atoms with Crippen LogP contribution in [0.5, 0.6) is 11.5 Å². The van der Waals surface area contributed by atoms with Crippen molar-refractivity contribution < 1.29 is 14.3 Å². The number of carbonyl (C=O) groups excluding carboxylic acids is 1. The molecule has 3 rings (SSSR count). The van der Waals surface area contributed by atoms with E-state index in [0.717, 1.165) is 15.2 Å². The first-order chi connectivity index (χ1) is 12.7. The summed E-state index contributed by atoms with van der Waals surface area (Å²) in [5, 5.41) is 5.68. The fourth-order valence-corrected chi connectivity index (χ4v) is 4.08. The molecule has 0 saturated heterocycles. The molecule has 1 N–H and O–H groups in total. The summed E-state index contributed by atoms with van der Waals surface area (Å²) < 4.78 is 12.1. The summed E-state index contributed by atoms with van der Waals surface area (Å²) in [6.45, 7) is 4.89. The number of fused-ring (bicyclic) bond motifs is 1. The predicted octanol–water partition coefficient (Wildman–Crippen LogP) is 4.22. The second-order valence-corrected chi connectivity index (χ2v) is 7.05. The SMILES string of the molecule is CCOc1ccc(OCC)c(NC(=O)CSc2ncnc3ccsc23)c1. The molecule has 0 saturated carbocycles. The molecule has 136 valence electrons. The normalized spacial score (nSPS) is 10.7. The Bertz CT molecular complexity index is 898. The standard InChI is InChI=1S/C18H19N3O3S2/c1-3-23-12-5-6-15(24-4-2)14(9-12)21-16(22)10-26-18-17-13(7-8-25-17)19-11-20-18/h5-9,11H,3-4,10H2,1-2H3,(H,21,22). The van der Waals surface area contributed by atoms with E-state index < -0.39 is 0 Å². The lowest BCUT2D eigenvalue weighted by molar-refractivity contribution is -0.113. The first-order valence-electron chi connectivity index (χ1n) is 8.21. The number of ether oxygens (including phenoxy) is 2. The summed E-state index contributed by atoms with van der Waals surface area (Å²) in [6.07, 6.45) is 1.52. The lowest BCUT2D eigenvalue weighted by Crippen LogP contribution is -2.15. The van der Waals surface area contributed by atoms with Crippen molar-refractivity contribution in [2.45, 2.75) is 18.9 Å². The summed E-state index contributed by atoms with van der Waals surface area (Å²) in [5.74, 6) is 1.42. The van der Waals surface area contributed by atoms with Gasteiger partial charge < -0.3 is 14.8 Å². The number of thioether (sulfide) groups is 1. The van der Waals surface area contributed by atoms with E-state index in [1.54, 1.807) is 23.5 Å². The highest BCUT2D eigenvalue weighted by Gasteiger charge is 2.12. The molecule has 0 aliphatic rings. The maximum Gasteiger partial charge on any atom is 0.234 e. The molecular formula is C18H19N3O3S2. The topological polar surface area (TPSA) is 73.3 Å². The van der Waals surface area contributed by atoms with Gasteiger partial charge in [0, 0.05) is 6.07 Å². The summed E-state index contributed by atoms with van der Waals surface area (Å²) >= 11 is 2.96. The Morgan fingerprint density at radius 2 is 2.04 bits per heavy atom. The molecule has 6 nitrogen and oxygen atoms in total. The van der Waals surface area contributed by atoms with Gasteiger partial charge >= 0.3 is 0 Å². The maximum absolute atomic E-state index is 12.4. The molecule has 3 aromatic rings. The second kappa shape index (κ2) is 8.86. The Morgan fingerprint density at radius 3 is 2.85 bits per heavy atom. The van der Waals surface area contributed by atoms with Gasteiger partial charge in [0.1, 0.15) is 22.9 Å². The van der Waals surface area contributed by atoms with E-state index in [2.05, 4.69) is 15.3 Å². The third-order valence-electron chi connectivity index (χ3n) is 3.39. The number of hydrogen-bond donors (Lipinski definition) is 1. The molecule has 0 bridgehead atoms. The van der Waals surface area contributed by atoms with Gasteiger partial charge in [-0.15, -0.1) is 11.3 Å². The number of rotatable bonds is 8. The Hall–Kier alpha value is -2.32. The molecule has 8 heteroatoms. The van der Waals surface area contributed by atoms with Gasteiger partial charge in [0.25, 0.3) is 0 Å². The largest absolute Gasteiger partial charge is 0.494 e. The van der Waals surface area contributed by atoms with Crippen molar-refractivity contribution in [1.29, 1.82) is 0 Å². The molecule has 0 aliphatic heterocycles. The van der Waals surface area contributed by atoms with Crippen molar-refractivity contribution in [3.8, 4) is 11.5 Å². The number of thiophene rings is 1. The molecule has 0 fully saturated rings. The lowest BCUT2D eigenvalue weighted by atomic mass is 10.2. The third kappa shape index (κ3) is 4.44. The molecule has 0 spiro atoms. The number of carbonyl (C=O) groups is 1. The highest BCUT2D eigenvalue weighted by atomic mass is 32.2. The van der Waals surface area contributed by atoms with Crippen LogP contribution in [0.3, 0.4) is 0 Å². The van der Waals surface area contributed by atoms with Crippen LogP contribution < -0.4 is 14.8 Å². The minimum atomic E-state index is -0.132. The molecule has 2 heterocycles. The molecule has 0 atom stereocenters. The molecule has 1 amide bonds. The van der Waals surface area contributed by atoms with Crippen molar-refractivity contribution >= 4 is 44.9 Å². The average Bonchev–Trinajstić information content (AvgIpc) is 3.12. The van der Waals surface area contributed by atoms with Crippen molar-refractivity contribution in [1.82, 2.24) is 9.97 Å². The van der Waals surface area contributed by atoms with Gasteiger partial charge in [-0.2, -0.15) is 0 Å². The van der Waals surface area contributed by atoms with Crippen molar-refractivity contribution in [2.24, 2.45) is 0 Å². The van der Waals surface area contributed by atoms with Gasteiger partial charge in [-0.1, -0.05) is 11.8 Å². The number of benzene rings is 1. The summed E-state index contributed by atoms with van der Waals surface area (Å²) in [4.78, 5) is 20.9. The maximum atomic E-state index is 12.4. The summed E-state index contributed by atoms with van der Waals surface area (Å²) in [7, 11) is 0. The first-order valence-corrected chi connectivity index (χ1v) is 10.1. The monoisotopic (exact) mass is 389 g/mol. The minimum absolute atomic E-state index is 0.132. The Balaban J connectivity index is 1.69. The molecule has 1 aromatic carbocycles. The Labute approximate surface area is 160 Å². The minimum Gasteiger partial charge on any atom is -0.494 e. The van der Waals surface area contributed by atoms with Crippen LogP contribution in [0, 0.1) is 0 Å². The van der Waals surface area contributed by atoms with Crippen LogP contribution in [0.15, 0.2) is 41.0 Å². The average molecular weight is 390 g/mol. The van der Waals surface area contributed by atoms with E-state index >= 15 is 0 Å². The van der Waals surface area contributed by atoms with E-state index in [1.807, 2.05) is 31.4 Å². The molecule has 0 unspecified atom stereocenters. The van der Waals surface area contributed by atoms with Crippen LogP contribution in [0.1, 0.15) is 13.8 Å². The van der Waals surface area contributed by atoms with Gasteiger partial charge in [-0.25, -0.2) is 9.97 Å². The second-order valence-electron chi connectivity index (χ2n) is 5.17. The molecule has 0 aliphatic carbocycles. The van der Waals surface area contributed by atoms with Crippen LogP contribution in [0.4, 0.5) is 5.69 Å². The molecular weight excluding hydrogens is 370 g/mol. The van der Waals surface area contributed by atoms with E-state index in [-0.39, 0.29) is 11.7 Å². The van der Waals surface area contributed by atoms with Crippen molar-refractivity contribution in [3.63, 3.8) is 0 Å². The van der Waals surface area contributed by atoms with Gasteiger partial charge in [-0.05, 0) is 37.4 Å². The predicted molar refractivity (Wildman–Crippen MR) is 106 cm³/mol. The molecule has 2 aromatic heterocycles. The smallest absolute Gasteiger partial charge is 0.234 e. The quantitative estimate of drug-likeness (QED) is 0.459. The number of hydrogen-bond acceptors (Lipinski definition) is 7. The van der Waals surface area contributed by atoms with E-state index in [4.69, 9.17) is 9.47 Å². The van der Waals surface area contributed by atoms with Gasteiger partial charge in [0.05, 0.1) is 34.9 Å². The van der Waals surface area contributed by atoms with Gasteiger partial charge in [0.2, 0.25) is 5.91 Å². The fraction of sp³-hybridized carbons (Fsp3) is 0.278. The van der Waals surface area contributed by atoms with Gasteiger partial charge in [0.15, 0.2) is 0 Å². The lowest BCUT2D eigenvalue weighted by Gasteiger charge is -2.13. The van der Waals surface area contributed by atoms with E-state index in [1.165, 1.54) is 18.1 Å². The number of anilines is 1. The van der Waals surface area contributed by atoms with Crippen LogP contribution in [-0.2, 0) is 4.79 Å². The zero-order valence-corrected chi connectivity index (χ0v) is 16.2. The van der Waals surface area contributed by atoms with Crippen LogP contribution in [0.2, 0.25) is 0 Å². The number of aromatic nitrogens is 2. The third-order valence-corrected chi connectivity index (χ3v) is 5.42. The Morgan fingerprint density at radius 1 is 1.19 bits per heavy atom. The van der Waals surface area contributed by atoms with Crippen molar-refractivity contribution in [2.75, 3.05) is 24.3 Å². The highest BCUT2D eigenvalue weighted by Crippen LogP contribution is 2.31. The molecule has 0 radical (unpaired) electrons.